The molecule has 1 amide bonds. The first-order valence-electron chi connectivity index (χ1n) is 8.85. The molecule has 2 aromatic rings. The van der Waals surface area contributed by atoms with E-state index in [2.05, 4.69) is 10.6 Å². The lowest BCUT2D eigenvalue weighted by Crippen LogP contribution is -2.30. The highest BCUT2D eigenvalue weighted by molar-refractivity contribution is 7.89. The third-order valence-corrected chi connectivity index (χ3v) is 6.13. The summed E-state index contributed by atoms with van der Waals surface area (Å²) in [5.74, 6) is 0.491. The SMILES string of the molecule is COc1ccc(C)cc1[C@@H](C)NCC(=O)Nc1cccc(S(=O)(=O)N(C)C)c1. The Morgan fingerprint density at radius 2 is 1.89 bits per heavy atom. The Bertz CT molecular complexity index is 942. The second kappa shape index (κ2) is 9.18. The van der Waals surface area contributed by atoms with Gasteiger partial charge in [0.1, 0.15) is 5.75 Å². The van der Waals surface area contributed by atoms with Gasteiger partial charge in [0.25, 0.3) is 0 Å². The van der Waals surface area contributed by atoms with E-state index in [-0.39, 0.29) is 23.4 Å². The predicted molar refractivity (Wildman–Crippen MR) is 110 cm³/mol. The zero-order chi connectivity index (χ0) is 20.9. The molecule has 28 heavy (non-hydrogen) atoms. The monoisotopic (exact) mass is 405 g/mol. The zero-order valence-electron chi connectivity index (χ0n) is 16.8. The molecule has 0 aliphatic rings. The van der Waals surface area contributed by atoms with Gasteiger partial charge >= 0.3 is 0 Å². The van der Waals surface area contributed by atoms with Gasteiger partial charge in [0.15, 0.2) is 0 Å². The highest BCUT2D eigenvalue weighted by Crippen LogP contribution is 2.26. The number of carbonyl (C=O) groups is 1. The number of rotatable bonds is 8. The minimum atomic E-state index is -3.56. The molecule has 2 aromatic carbocycles. The summed E-state index contributed by atoms with van der Waals surface area (Å²) in [6, 6.07) is 12.0. The van der Waals surface area contributed by atoms with E-state index in [4.69, 9.17) is 4.74 Å². The van der Waals surface area contributed by atoms with Crippen LogP contribution >= 0.6 is 0 Å². The van der Waals surface area contributed by atoms with Gasteiger partial charge in [-0.25, -0.2) is 12.7 Å². The van der Waals surface area contributed by atoms with Gasteiger partial charge in [-0.1, -0.05) is 23.8 Å². The molecule has 0 saturated heterocycles. The smallest absolute Gasteiger partial charge is 0.242 e. The molecule has 2 N–H and O–H groups in total. The molecule has 0 fully saturated rings. The van der Waals surface area contributed by atoms with Crippen molar-refractivity contribution in [3.05, 3.63) is 53.6 Å². The summed E-state index contributed by atoms with van der Waals surface area (Å²) < 4.78 is 31.0. The second-order valence-electron chi connectivity index (χ2n) is 6.71. The lowest BCUT2D eigenvalue weighted by molar-refractivity contribution is -0.115. The molecular weight excluding hydrogens is 378 g/mol. The normalized spacial score (nSPS) is 12.6. The molecule has 2 rings (SSSR count). The lowest BCUT2D eigenvalue weighted by Gasteiger charge is -2.18. The average molecular weight is 406 g/mol. The average Bonchev–Trinajstić information content (AvgIpc) is 2.66. The van der Waals surface area contributed by atoms with Crippen LogP contribution < -0.4 is 15.4 Å². The van der Waals surface area contributed by atoms with Crippen molar-refractivity contribution in [2.75, 3.05) is 33.1 Å². The summed E-state index contributed by atoms with van der Waals surface area (Å²) in [6.45, 7) is 4.02. The first-order chi connectivity index (χ1) is 13.1. The van der Waals surface area contributed by atoms with E-state index in [9.17, 15) is 13.2 Å². The Balaban J connectivity index is 2.03. The van der Waals surface area contributed by atoms with E-state index in [1.165, 1.54) is 26.2 Å². The Morgan fingerprint density at radius 1 is 1.18 bits per heavy atom. The third kappa shape index (κ3) is 5.31. The van der Waals surface area contributed by atoms with Gasteiger partial charge in [0.05, 0.1) is 18.6 Å². The van der Waals surface area contributed by atoms with Crippen LogP contribution in [-0.4, -0.2) is 46.4 Å². The van der Waals surface area contributed by atoms with Crippen molar-refractivity contribution >= 4 is 21.6 Å². The second-order valence-corrected chi connectivity index (χ2v) is 8.86. The molecule has 0 unspecified atom stereocenters. The molecule has 0 aromatic heterocycles. The van der Waals surface area contributed by atoms with Gasteiger partial charge in [-0.2, -0.15) is 0 Å². The number of nitrogens with one attached hydrogen (secondary N) is 2. The van der Waals surface area contributed by atoms with Crippen LogP contribution in [0, 0.1) is 6.92 Å². The standard InChI is InChI=1S/C20H27N3O4S/c1-14-9-10-19(27-5)18(11-14)15(2)21-13-20(24)22-16-7-6-8-17(12-16)28(25,26)23(3)4/h6-12,15,21H,13H2,1-5H3,(H,22,24)/t15-/m1/s1. The van der Waals surface area contributed by atoms with Crippen LogP contribution in [0.3, 0.4) is 0 Å². The highest BCUT2D eigenvalue weighted by Gasteiger charge is 2.18. The number of anilines is 1. The summed E-state index contributed by atoms with van der Waals surface area (Å²) >= 11 is 0. The number of carbonyl (C=O) groups excluding carboxylic acids is 1. The molecule has 0 spiro atoms. The van der Waals surface area contributed by atoms with Gasteiger partial charge in [0.2, 0.25) is 15.9 Å². The third-order valence-electron chi connectivity index (χ3n) is 4.32. The van der Waals surface area contributed by atoms with E-state index in [1.807, 2.05) is 32.0 Å². The fourth-order valence-corrected chi connectivity index (χ4v) is 3.65. The highest BCUT2D eigenvalue weighted by atomic mass is 32.2. The molecule has 0 heterocycles. The van der Waals surface area contributed by atoms with Crippen molar-refractivity contribution in [3.63, 3.8) is 0 Å². The van der Waals surface area contributed by atoms with Crippen LogP contribution in [0.2, 0.25) is 0 Å². The molecule has 0 aliphatic heterocycles. The molecule has 1 atom stereocenters. The summed E-state index contributed by atoms with van der Waals surface area (Å²) in [7, 11) is 0.985. The first kappa shape index (κ1) is 21.9. The van der Waals surface area contributed by atoms with Crippen molar-refractivity contribution in [2.45, 2.75) is 24.8 Å². The summed E-state index contributed by atoms with van der Waals surface area (Å²) in [6.07, 6.45) is 0. The Morgan fingerprint density at radius 3 is 2.54 bits per heavy atom. The topological polar surface area (TPSA) is 87.7 Å². The number of benzene rings is 2. The van der Waals surface area contributed by atoms with Crippen molar-refractivity contribution in [1.29, 1.82) is 0 Å². The maximum Gasteiger partial charge on any atom is 0.242 e. The molecule has 0 aliphatic carbocycles. The number of aryl methyl sites for hydroxylation is 1. The van der Waals surface area contributed by atoms with E-state index in [0.717, 1.165) is 21.2 Å². The number of sulfonamides is 1. The number of hydrogen-bond acceptors (Lipinski definition) is 5. The number of ether oxygens (including phenoxy) is 1. The van der Waals surface area contributed by atoms with Gasteiger partial charge in [-0.05, 0) is 38.1 Å². The largest absolute Gasteiger partial charge is 0.496 e. The molecule has 0 saturated carbocycles. The summed E-state index contributed by atoms with van der Waals surface area (Å²) in [5.41, 5.74) is 2.50. The van der Waals surface area contributed by atoms with E-state index < -0.39 is 10.0 Å². The van der Waals surface area contributed by atoms with Crippen LogP contribution in [-0.2, 0) is 14.8 Å². The fraction of sp³-hybridized carbons (Fsp3) is 0.350. The van der Waals surface area contributed by atoms with Crippen LogP contribution in [0.4, 0.5) is 5.69 Å². The quantitative estimate of drug-likeness (QED) is 0.705. The van der Waals surface area contributed by atoms with Gasteiger partial charge < -0.3 is 15.4 Å². The molecular formula is C20H27N3O4S. The van der Waals surface area contributed by atoms with Crippen molar-refractivity contribution in [2.24, 2.45) is 0 Å². The summed E-state index contributed by atoms with van der Waals surface area (Å²) in [4.78, 5) is 12.4. The maximum absolute atomic E-state index is 12.3. The Hall–Kier alpha value is -2.42. The van der Waals surface area contributed by atoms with Crippen molar-refractivity contribution in [1.82, 2.24) is 9.62 Å². The number of hydrogen-bond donors (Lipinski definition) is 2. The molecule has 7 nitrogen and oxygen atoms in total. The minimum absolute atomic E-state index is 0.0723. The Kier molecular flexibility index (Phi) is 7.17. The van der Waals surface area contributed by atoms with Crippen LogP contribution in [0.1, 0.15) is 24.1 Å². The number of methoxy groups -OCH3 is 1. The minimum Gasteiger partial charge on any atom is -0.496 e. The molecule has 0 radical (unpaired) electrons. The number of amides is 1. The first-order valence-corrected chi connectivity index (χ1v) is 10.3. The summed E-state index contributed by atoms with van der Waals surface area (Å²) in [5, 5.41) is 5.89. The zero-order valence-corrected chi connectivity index (χ0v) is 17.6. The van der Waals surface area contributed by atoms with Gasteiger partial charge in [0, 0.05) is 31.4 Å². The number of nitrogens with zero attached hydrogens (tertiary/aromatic N) is 1. The van der Waals surface area contributed by atoms with Gasteiger partial charge in [-0.15, -0.1) is 0 Å². The van der Waals surface area contributed by atoms with Gasteiger partial charge in [-0.3, -0.25) is 4.79 Å². The fourth-order valence-electron chi connectivity index (χ4n) is 2.70. The lowest BCUT2D eigenvalue weighted by atomic mass is 10.0. The van der Waals surface area contributed by atoms with Crippen LogP contribution in [0.25, 0.3) is 0 Å². The van der Waals surface area contributed by atoms with E-state index in [0.29, 0.717) is 5.69 Å². The maximum atomic E-state index is 12.3. The molecule has 152 valence electrons. The molecule has 0 bridgehead atoms. The van der Waals surface area contributed by atoms with Crippen LogP contribution in [0.15, 0.2) is 47.4 Å². The van der Waals surface area contributed by atoms with E-state index in [1.54, 1.807) is 19.2 Å². The molecule has 8 heteroatoms. The predicted octanol–water partition coefficient (Wildman–Crippen LogP) is 2.54. The van der Waals surface area contributed by atoms with E-state index >= 15 is 0 Å². The van der Waals surface area contributed by atoms with Crippen molar-refractivity contribution < 1.29 is 17.9 Å². The van der Waals surface area contributed by atoms with Crippen molar-refractivity contribution in [3.8, 4) is 5.75 Å². The van der Waals surface area contributed by atoms with Crippen LogP contribution in [0.5, 0.6) is 5.75 Å². The Labute approximate surface area is 166 Å².